The molecule has 0 aliphatic heterocycles. The van der Waals surface area contributed by atoms with Gasteiger partial charge in [0.1, 0.15) is 23.3 Å². The summed E-state index contributed by atoms with van der Waals surface area (Å²) in [6.45, 7) is 1.09. The second kappa shape index (κ2) is 15.6. The molecule has 0 amide bonds. The third-order valence-corrected chi connectivity index (χ3v) is 7.46. The number of Topliss-reactive ketones (excluding diaryl/α,β-unsaturated/α-hetero) is 1. The maximum absolute atomic E-state index is 12.1. The summed E-state index contributed by atoms with van der Waals surface area (Å²) in [5, 5.41) is 23.4. The maximum Gasteiger partial charge on any atom is 0.267 e. The Morgan fingerprint density at radius 1 is 0.844 bits per heavy atom. The van der Waals surface area contributed by atoms with E-state index in [2.05, 4.69) is 20.3 Å². The van der Waals surface area contributed by atoms with Crippen LogP contribution in [0.15, 0.2) is 95.8 Å². The third-order valence-electron chi connectivity index (χ3n) is 6.56. The molecule has 0 bridgehead atoms. The van der Waals surface area contributed by atoms with Gasteiger partial charge in [-0.25, -0.2) is 0 Å². The van der Waals surface area contributed by atoms with Gasteiger partial charge < -0.3 is 16.0 Å². The first-order chi connectivity index (χ1) is 21.7. The number of hydrogen-bond donors (Lipinski definition) is 3. The number of allylic oxidation sites excluding steroid dienone is 1. The molecule has 5 aromatic rings. The second-order valence-corrected chi connectivity index (χ2v) is 10.7. The largest absolute Gasteiger partial charge is 0.379 e. The SMILES string of the molecule is N#CC1=C(NCc2ccc(Cl)cc2)c2ccncc2CC1=O.N#Cc1c(Cl)c2ccncc2[nH]c1=O.NCc1ccc(Cl)cc1. The molecule has 0 unspecified atom stereocenters. The van der Waals surface area contributed by atoms with E-state index in [4.69, 9.17) is 45.8 Å². The summed E-state index contributed by atoms with van der Waals surface area (Å²) >= 11 is 17.4. The topological polar surface area (TPSA) is 161 Å². The Kier molecular flexibility index (Phi) is 11.4. The monoisotopic (exact) mass is 655 g/mol. The van der Waals surface area contributed by atoms with E-state index in [9.17, 15) is 14.9 Å². The number of ketones is 1. The predicted molar refractivity (Wildman–Crippen MR) is 175 cm³/mol. The van der Waals surface area contributed by atoms with Crippen molar-refractivity contribution in [3.63, 3.8) is 0 Å². The molecule has 1 aliphatic rings. The number of rotatable bonds is 4. The highest BCUT2D eigenvalue weighted by atomic mass is 35.5. The number of nitrogens with zero attached hydrogens (tertiary/aromatic N) is 4. The Labute approximate surface area is 273 Å². The maximum atomic E-state index is 12.1. The zero-order chi connectivity index (χ0) is 32.3. The summed E-state index contributed by atoms with van der Waals surface area (Å²) in [4.78, 5) is 33.8. The van der Waals surface area contributed by atoms with Gasteiger partial charge in [-0.15, -0.1) is 0 Å². The molecule has 3 aromatic heterocycles. The summed E-state index contributed by atoms with van der Waals surface area (Å²) in [5.74, 6) is -0.179. The standard InChI is InChI=1S/C17H12ClN3O.C9H4ClN3O.C7H8ClN/c18-13-3-1-11(2-4-13)9-21-17-14-5-6-20-10-12(14)7-16(22)15(17)8-19;10-8-5-1-2-12-4-7(5)13-9(14)6(8)3-11;8-7-3-1-6(5-9)2-4-7/h1-6,10,21H,7,9H2;1-2,4H,(H,13,14);1-4H,5,9H2. The van der Waals surface area contributed by atoms with Gasteiger partial charge in [0.2, 0.25) is 0 Å². The molecular formula is C33H24Cl3N7O2. The van der Waals surface area contributed by atoms with Crippen LogP contribution in [0.25, 0.3) is 16.6 Å². The van der Waals surface area contributed by atoms with Crippen LogP contribution in [0.5, 0.6) is 0 Å². The van der Waals surface area contributed by atoms with Crippen LogP contribution in [-0.2, 0) is 24.3 Å². The Balaban J connectivity index is 0.000000171. The predicted octanol–water partition coefficient (Wildman–Crippen LogP) is 6.13. The molecule has 0 spiro atoms. The van der Waals surface area contributed by atoms with Crippen molar-refractivity contribution < 1.29 is 4.79 Å². The van der Waals surface area contributed by atoms with E-state index in [-0.39, 0.29) is 28.4 Å². The van der Waals surface area contributed by atoms with Gasteiger partial charge in [-0.2, -0.15) is 10.5 Å². The average molecular weight is 657 g/mol. The Hall–Kier alpha value is -5.03. The molecule has 45 heavy (non-hydrogen) atoms. The van der Waals surface area contributed by atoms with Gasteiger partial charge in [0, 0.05) is 59.1 Å². The minimum atomic E-state index is -0.488. The molecule has 12 heteroatoms. The molecule has 0 radical (unpaired) electrons. The zero-order valence-corrected chi connectivity index (χ0v) is 25.8. The van der Waals surface area contributed by atoms with Crippen molar-refractivity contribution in [2.45, 2.75) is 19.5 Å². The van der Waals surface area contributed by atoms with E-state index in [0.717, 1.165) is 27.3 Å². The quantitative estimate of drug-likeness (QED) is 0.208. The Bertz CT molecular complexity index is 2010. The molecular weight excluding hydrogens is 633 g/mol. The smallest absolute Gasteiger partial charge is 0.267 e. The lowest BCUT2D eigenvalue weighted by atomic mass is 9.90. The van der Waals surface area contributed by atoms with E-state index < -0.39 is 5.56 Å². The van der Waals surface area contributed by atoms with E-state index in [0.29, 0.717) is 34.7 Å². The van der Waals surface area contributed by atoms with Crippen molar-refractivity contribution in [1.29, 1.82) is 10.5 Å². The first-order valence-electron chi connectivity index (χ1n) is 13.3. The number of aromatic nitrogens is 3. The van der Waals surface area contributed by atoms with Crippen LogP contribution in [0, 0.1) is 22.7 Å². The van der Waals surface area contributed by atoms with Gasteiger partial charge in [-0.3, -0.25) is 19.6 Å². The van der Waals surface area contributed by atoms with Crippen LogP contribution in [0.2, 0.25) is 15.1 Å². The lowest BCUT2D eigenvalue weighted by molar-refractivity contribution is -0.114. The number of hydrogen-bond acceptors (Lipinski definition) is 8. The van der Waals surface area contributed by atoms with Gasteiger partial charge in [-0.1, -0.05) is 59.1 Å². The molecule has 3 heterocycles. The van der Waals surface area contributed by atoms with Crippen LogP contribution >= 0.6 is 34.8 Å². The molecule has 2 aromatic carbocycles. The van der Waals surface area contributed by atoms with E-state index in [1.807, 2.05) is 60.7 Å². The highest BCUT2D eigenvalue weighted by Gasteiger charge is 2.25. The average Bonchev–Trinajstić information content (AvgIpc) is 3.05. The first-order valence-corrected chi connectivity index (χ1v) is 14.5. The summed E-state index contributed by atoms with van der Waals surface area (Å²) < 4.78 is 0. The number of benzene rings is 2. The number of nitrogens with one attached hydrogen (secondary N) is 2. The van der Waals surface area contributed by atoms with E-state index in [1.54, 1.807) is 30.7 Å². The minimum Gasteiger partial charge on any atom is -0.379 e. The number of H-pyrrole nitrogens is 1. The van der Waals surface area contributed by atoms with Crippen molar-refractivity contribution in [3.8, 4) is 12.1 Å². The molecule has 0 saturated heterocycles. The fraction of sp³-hybridized carbons (Fsp3) is 0.0909. The number of nitriles is 2. The molecule has 4 N–H and O–H groups in total. The van der Waals surface area contributed by atoms with Crippen molar-refractivity contribution >= 4 is 57.2 Å². The minimum absolute atomic E-state index is 0.0645. The van der Waals surface area contributed by atoms with Crippen molar-refractivity contribution in [1.82, 2.24) is 20.3 Å². The van der Waals surface area contributed by atoms with Crippen molar-refractivity contribution in [2.24, 2.45) is 5.73 Å². The van der Waals surface area contributed by atoms with Gasteiger partial charge in [0.05, 0.1) is 22.4 Å². The number of carbonyl (C=O) groups is 1. The van der Waals surface area contributed by atoms with E-state index in [1.165, 1.54) is 6.20 Å². The van der Waals surface area contributed by atoms with Gasteiger partial charge in [-0.05, 0) is 53.1 Å². The fourth-order valence-corrected chi connectivity index (χ4v) is 4.81. The molecule has 0 saturated carbocycles. The zero-order valence-electron chi connectivity index (χ0n) is 23.5. The van der Waals surface area contributed by atoms with Crippen molar-refractivity contribution in [3.05, 3.63) is 144 Å². The molecule has 224 valence electrons. The summed E-state index contributed by atoms with van der Waals surface area (Å²) in [6, 6.07) is 22.2. The van der Waals surface area contributed by atoms with Crippen molar-refractivity contribution in [2.75, 3.05) is 0 Å². The van der Waals surface area contributed by atoms with Crippen LogP contribution in [0.4, 0.5) is 0 Å². The summed E-state index contributed by atoms with van der Waals surface area (Å²) in [6.07, 6.45) is 6.59. The van der Waals surface area contributed by atoms with Crippen LogP contribution < -0.4 is 16.6 Å². The number of pyridine rings is 3. The fourth-order valence-electron chi connectivity index (χ4n) is 4.27. The van der Waals surface area contributed by atoms with Crippen LogP contribution in [-0.4, -0.2) is 20.7 Å². The Morgan fingerprint density at radius 2 is 1.47 bits per heavy atom. The normalized spacial score (nSPS) is 11.6. The number of nitrogens with two attached hydrogens (primary N) is 1. The summed E-state index contributed by atoms with van der Waals surface area (Å²) in [5.41, 5.74) is 9.91. The molecule has 9 nitrogen and oxygen atoms in total. The van der Waals surface area contributed by atoms with Crippen LogP contribution in [0.1, 0.15) is 27.8 Å². The lowest BCUT2D eigenvalue weighted by Gasteiger charge is -2.20. The van der Waals surface area contributed by atoms with E-state index >= 15 is 0 Å². The third kappa shape index (κ3) is 8.33. The van der Waals surface area contributed by atoms with Crippen LogP contribution in [0.3, 0.4) is 0 Å². The number of aromatic amines is 1. The highest BCUT2D eigenvalue weighted by molar-refractivity contribution is 6.36. The van der Waals surface area contributed by atoms with Gasteiger partial charge in [0.25, 0.3) is 5.56 Å². The number of carbonyl (C=O) groups excluding carboxylic acids is 1. The number of halogens is 3. The van der Waals surface area contributed by atoms with Gasteiger partial charge in [0.15, 0.2) is 5.78 Å². The molecule has 1 aliphatic carbocycles. The lowest BCUT2D eigenvalue weighted by Crippen LogP contribution is -2.23. The number of fused-ring (bicyclic) bond motifs is 2. The molecule has 0 fully saturated rings. The molecule has 6 rings (SSSR count). The molecule has 0 atom stereocenters. The van der Waals surface area contributed by atoms with Gasteiger partial charge >= 0.3 is 0 Å². The Morgan fingerprint density at radius 3 is 2.09 bits per heavy atom. The summed E-state index contributed by atoms with van der Waals surface area (Å²) in [7, 11) is 0. The first kappa shape index (κ1) is 32.9. The highest BCUT2D eigenvalue weighted by Crippen LogP contribution is 2.27. The second-order valence-electron chi connectivity index (χ2n) is 9.48.